The minimum atomic E-state index is -3.68. The minimum Gasteiger partial charge on any atom is -0.350 e. The molecule has 0 aliphatic rings. The van der Waals surface area contributed by atoms with Crippen LogP contribution in [-0.4, -0.2) is 33.0 Å². The molecule has 0 unspecified atom stereocenters. The fourth-order valence-electron chi connectivity index (χ4n) is 2.73. The Bertz CT molecular complexity index is 745. The first-order valence-electron chi connectivity index (χ1n) is 8.41. The van der Waals surface area contributed by atoms with Gasteiger partial charge in [0.05, 0.1) is 4.90 Å². The van der Waals surface area contributed by atoms with Crippen LogP contribution in [0.5, 0.6) is 0 Å². The van der Waals surface area contributed by atoms with E-state index >= 15 is 0 Å². The van der Waals surface area contributed by atoms with Crippen molar-refractivity contribution in [1.82, 2.24) is 10.0 Å². The zero-order valence-corrected chi connectivity index (χ0v) is 18.4. The van der Waals surface area contributed by atoms with Gasteiger partial charge in [0.25, 0.3) is 0 Å². The van der Waals surface area contributed by atoms with Crippen molar-refractivity contribution in [2.75, 3.05) is 13.1 Å². The number of nitrogens with one attached hydrogen (secondary N) is 2. The monoisotopic (exact) mass is 405 g/mol. The average Bonchev–Trinajstić information content (AvgIpc) is 2.50. The Labute approximate surface area is 163 Å². The molecule has 0 radical (unpaired) electrons. The Hall–Kier alpha value is -1.15. The first kappa shape index (κ1) is 24.8. The zero-order chi connectivity index (χ0) is 19.6. The van der Waals surface area contributed by atoms with Gasteiger partial charge >= 0.3 is 0 Å². The fourth-order valence-corrected chi connectivity index (χ4v) is 4.36. The molecule has 0 heterocycles. The van der Waals surface area contributed by atoms with Gasteiger partial charge in [-0.25, -0.2) is 13.1 Å². The van der Waals surface area contributed by atoms with Crippen molar-refractivity contribution >= 4 is 28.3 Å². The van der Waals surface area contributed by atoms with E-state index in [4.69, 9.17) is 5.73 Å². The molecule has 0 aliphatic heterocycles. The molecule has 1 rings (SSSR count). The topological polar surface area (TPSA) is 101 Å². The third-order valence-electron chi connectivity index (χ3n) is 4.83. The van der Waals surface area contributed by atoms with E-state index in [0.29, 0.717) is 11.4 Å². The van der Waals surface area contributed by atoms with E-state index in [1.165, 1.54) is 0 Å². The molecule has 0 aliphatic carbocycles. The number of hydrogen-bond donors (Lipinski definition) is 3. The molecular weight excluding hydrogens is 374 g/mol. The number of amides is 1. The summed E-state index contributed by atoms with van der Waals surface area (Å²) in [4.78, 5) is 12.2. The lowest BCUT2D eigenvalue weighted by Crippen LogP contribution is -2.49. The van der Waals surface area contributed by atoms with E-state index < -0.39 is 15.6 Å². The largest absolute Gasteiger partial charge is 0.350 e. The molecule has 8 heteroatoms. The maximum atomic E-state index is 12.7. The molecule has 1 aromatic carbocycles. The highest BCUT2D eigenvalue weighted by Gasteiger charge is 2.24. The van der Waals surface area contributed by atoms with E-state index in [9.17, 15) is 13.2 Å². The molecule has 26 heavy (non-hydrogen) atoms. The van der Waals surface area contributed by atoms with Crippen LogP contribution in [0.1, 0.15) is 48.1 Å². The Morgan fingerprint density at radius 1 is 0.962 bits per heavy atom. The van der Waals surface area contributed by atoms with Crippen LogP contribution < -0.4 is 15.8 Å². The summed E-state index contributed by atoms with van der Waals surface area (Å²) in [6, 6.07) is 0. The van der Waals surface area contributed by atoms with Crippen molar-refractivity contribution in [3.63, 3.8) is 0 Å². The molecule has 6 nitrogen and oxygen atoms in total. The van der Waals surface area contributed by atoms with Gasteiger partial charge in [-0.05, 0) is 76.3 Å². The predicted octanol–water partition coefficient (Wildman–Crippen LogP) is 2.17. The maximum absolute atomic E-state index is 12.7. The van der Waals surface area contributed by atoms with Gasteiger partial charge in [0.1, 0.15) is 0 Å². The van der Waals surface area contributed by atoms with Crippen LogP contribution in [0.25, 0.3) is 0 Å². The summed E-state index contributed by atoms with van der Waals surface area (Å²) in [7, 11) is -3.68. The number of hydrogen-bond acceptors (Lipinski definition) is 4. The van der Waals surface area contributed by atoms with Crippen LogP contribution in [-0.2, 0) is 14.8 Å². The summed E-state index contributed by atoms with van der Waals surface area (Å²) in [5, 5.41) is 2.78. The number of rotatable bonds is 7. The van der Waals surface area contributed by atoms with Crippen molar-refractivity contribution in [2.45, 2.75) is 65.3 Å². The molecule has 1 aromatic rings. The normalized spacial score (nSPS) is 11.8. The standard InChI is InChI=1S/C18H31N3O3S.ClH/c1-11-12(2)14(4)17(15(5)13(11)3)25(23,24)20-9-8-16(22)21-18(6,7)10-19;/h20H,8-10,19H2,1-7H3,(H,21,22);1H. The third kappa shape index (κ3) is 5.67. The summed E-state index contributed by atoms with van der Waals surface area (Å²) in [5.41, 5.74) is 9.64. The van der Waals surface area contributed by atoms with Gasteiger partial charge in [0.2, 0.25) is 15.9 Å². The fraction of sp³-hybridized carbons (Fsp3) is 0.611. The number of carbonyl (C=O) groups excluding carboxylic acids is 1. The molecule has 150 valence electrons. The first-order chi connectivity index (χ1) is 11.3. The lowest BCUT2D eigenvalue weighted by molar-refractivity contribution is -0.122. The van der Waals surface area contributed by atoms with Crippen molar-refractivity contribution < 1.29 is 13.2 Å². The first-order valence-corrected chi connectivity index (χ1v) is 9.90. The molecule has 0 atom stereocenters. The second-order valence-corrected chi connectivity index (χ2v) is 8.94. The lowest BCUT2D eigenvalue weighted by Gasteiger charge is -2.24. The van der Waals surface area contributed by atoms with Crippen molar-refractivity contribution in [3.05, 3.63) is 27.8 Å². The highest BCUT2D eigenvalue weighted by molar-refractivity contribution is 7.89. The highest BCUT2D eigenvalue weighted by atomic mass is 35.5. The van der Waals surface area contributed by atoms with Crippen LogP contribution in [0.2, 0.25) is 0 Å². The highest BCUT2D eigenvalue weighted by Crippen LogP contribution is 2.29. The van der Waals surface area contributed by atoms with Gasteiger partial charge in [-0.1, -0.05) is 0 Å². The number of nitrogens with two attached hydrogens (primary N) is 1. The van der Waals surface area contributed by atoms with E-state index in [1.807, 2.05) is 48.5 Å². The molecule has 0 bridgehead atoms. The van der Waals surface area contributed by atoms with E-state index in [-0.39, 0.29) is 31.3 Å². The molecule has 0 fully saturated rings. The number of sulfonamides is 1. The third-order valence-corrected chi connectivity index (χ3v) is 6.57. The predicted molar refractivity (Wildman–Crippen MR) is 108 cm³/mol. The summed E-state index contributed by atoms with van der Waals surface area (Å²) >= 11 is 0. The van der Waals surface area contributed by atoms with Crippen molar-refractivity contribution in [1.29, 1.82) is 0 Å². The van der Waals surface area contributed by atoms with Crippen LogP contribution in [0.4, 0.5) is 0 Å². The van der Waals surface area contributed by atoms with Gasteiger partial charge in [-0.15, -0.1) is 12.4 Å². The Morgan fingerprint density at radius 3 is 1.81 bits per heavy atom. The molecule has 0 spiro atoms. The second kappa shape index (κ2) is 9.17. The summed E-state index contributed by atoms with van der Waals surface area (Å²) in [6.07, 6.45) is 0.0601. The molecule has 0 aromatic heterocycles. The van der Waals surface area contributed by atoms with Gasteiger partial charge < -0.3 is 11.1 Å². The Balaban J connectivity index is 0.00000625. The van der Waals surface area contributed by atoms with E-state index in [1.54, 1.807) is 0 Å². The number of carbonyl (C=O) groups is 1. The van der Waals surface area contributed by atoms with Gasteiger partial charge in [-0.3, -0.25) is 4.79 Å². The average molecular weight is 406 g/mol. The quantitative estimate of drug-likeness (QED) is 0.646. The van der Waals surface area contributed by atoms with Crippen LogP contribution >= 0.6 is 12.4 Å². The minimum absolute atomic E-state index is 0. The smallest absolute Gasteiger partial charge is 0.241 e. The SMILES string of the molecule is Cc1c(C)c(C)c(S(=O)(=O)NCCC(=O)NC(C)(C)CN)c(C)c1C.Cl. The summed E-state index contributed by atoms with van der Waals surface area (Å²) in [5.74, 6) is -0.233. The van der Waals surface area contributed by atoms with E-state index in [0.717, 1.165) is 27.8 Å². The van der Waals surface area contributed by atoms with Crippen LogP contribution in [0.15, 0.2) is 4.90 Å². The number of halogens is 1. The van der Waals surface area contributed by atoms with Gasteiger partial charge in [0, 0.05) is 25.0 Å². The maximum Gasteiger partial charge on any atom is 0.241 e. The molecule has 1 amide bonds. The van der Waals surface area contributed by atoms with E-state index in [2.05, 4.69) is 10.0 Å². The Kier molecular flexibility index (Phi) is 8.76. The Morgan fingerprint density at radius 2 is 1.38 bits per heavy atom. The molecule has 0 saturated heterocycles. The molecule has 0 saturated carbocycles. The van der Waals surface area contributed by atoms with Crippen molar-refractivity contribution in [3.8, 4) is 0 Å². The van der Waals surface area contributed by atoms with Crippen LogP contribution in [0, 0.1) is 34.6 Å². The summed E-state index contributed by atoms with van der Waals surface area (Å²) in [6.45, 7) is 13.5. The van der Waals surface area contributed by atoms with Gasteiger partial charge in [0.15, 0.2) is 0 Å². The second-order valence-electron chi connectivity index (χ2n) is 7.24. The van der Waals surface area contributed by atoms with Gasteiger partial charge in [-0.2, -0.15) is 0 Å². The summed E-state index contributed by atoms with van der Waals surface area (Å²) < 4.78 is 28.0. The zero-order valence-electron chi connectivity index (χ0n) is 16.7. The number of benzene rings is 1. The molecular formula is C18H32ClN3O3S. The van der Waals surface area contributed by atoms with Crippen LogP contribution in [0.3, 0.4) is 0 Å². The van der Waals surface area contributed by atoms with Crippen molar-refractivity contribution in [2.24, 2.45) is 5.73 Å². The lowest BCUT2D eigenvalue weighted by atomic mass is 9.95. The molecule has 4 N–H and O–H groups in total.